The molecule has 2 heteroatoms. The van der Waals surface area contributed by atoms with Crippen LogP contribution in [0.25, 0.3) is 0 Å². The highest BCUT2D eigenvalue weighted by atomic mass is 19.1. The molecule has 0 aromatic rings. The summed E-state index contributed by atoms with van der Waals surface area (Å²) in [6, 6.07) is 0. The van der Waals surface area contributed by atoms with Gasteiger partial charge in [-0.05, 0) is 13.3 Å². The van der Waals surface area contributed by atoms with Crippen molar-refractivity contribution in [2.45, 2.75) is 26.4 Å². The molecule has 1 nitrogen and oxygen atoms in total. The van der Waals surface area contributed by atoms with Crippen molar-refractivity contribution in [3.8, 4) is 0 Å². The van der Waals surface area contributed by atoms with Crippen molar-refractivity contribution >= 4 is 0 Å². The summed E-state index contributed by atoms with van der Waals surface area (Å²) in [7, 11) is 0. The highest BCUT2D eigenvalue weighted by molar-refractivity contribution is 5.10. The summed E-state index contributed by atoms with van der Waals surface area (Å²) < 4.78 is 13.3. The minimum absolute atomic E-state index is 0.0131. The number of aliphatic hydroxyl groups excluding tert-OH is 1. The van der Waals surface area contributed by atoms with E-state index in [1.165, 1.54) is 0 Å². The van der Waals surface area contributed by atoms with E-state index >= 15 is 0 Å². The van der Waals surface area contributed by atoms with Gasteiger partial charge in [-0.1, -0.05) is 18.6 Å². The van der Waals surface area contributed by atoms with Crippen LogP contribution in [0.15, 0.2) is 11.6 Å². The Balaban J connectivity index is 2.68. The fourth-order valence-corrected chi connectivity index (χ4v) is 1.49. The van der Waals surface area contributed by atoms with Crippen molar-refractivity contribution < 1.29 is 9.50 Å². The standard InChI is InChI=1S/C9H15FO/c1-6-3-4-8(5-11)9(10)7(6)2/h3,7-9,11H,4-5H2,1-2H3. The number of halogens is 1. The molecule has 0 radical (unpaired) electrons. The van der Waals surface area contributed by atoms with Gasteiger partial charge in [0.2, 0.25) is 0 Å². The lowest BCUT2D eigenvalue weighted by Crippen LogP contribution is -2.29. The van der Waals surface area contributed by atoms with Crippen LogP contribution in [-0.2, 0) is 0 Å². The maximum Gasteiger partial charge on any atom is 0.112 e. The second kappa shape index (κ2) is 3.35. The number of allylic oxidation sites excluding steroid dienone is 2. The van der Waals surface area contributed by atoms with E-state index in [1.54, 1.807) is 0 Å². The lowest BCUT2D eigenvalue weighted by molar-refractivity contribution is 0.105. The van der Waals surface area contributed by atoms with Gasteiger partial charge in [-0.2, -0.15) is 0 Å². The molecule has 0 bridgehead atoms. The van der Waals surface area contributed by atoms with Crippen LogP contribution < -0.4 is 0 Å². The fraction of sp³-hybridized carbons (Fsp3) is 0.778. The Kier molecular flexibility index (Phi) is 2.66. The van der Waals surface area contributed by atoms with Gasteiger partial charge in [0, 0.05) is 18.4 Å². The van der Waals surface area contributed by atoms with E-state index in [0.29, 0.717) is 6.42 Å². The third-order valence-electron chi connectivity index (χ3n) is 2.62. The summed E-state index contributed by atoms with van der Waals surface area (Å²) in [6.07, 6.45) is 1.86. The van der Waals surface area contributed by atoms with Crippen molar-refractivity contribution in [3.63, 3.8) is 0 Å². The highest BCUT2D eigenvalue weighted by Crippen LogP contribution is 2.30. The van der Waals surface area contributed by atoms with E-state index in [9.17, 15) is 4.39 Å². The zero-order valence-electron chi connectivity index (χ0n) is 7.05. The summed E-state index contributed by atoms with van der Waals surface area (Å²) in [5.41, 5.74) is 1.11. The maximum absolute atomic E-state index is 13.3. The molecule has 3 atom stereocenters. The molecule has 1 N–H and O–H groups in total. The lowest BCUT2D eigenvalue weighted by Gasteiger charge is -2.28. The van der Waals surface area contributed by atoms with E-state index < -0.39 is 6.17 Å². The molecule has 0 amide bonds. The Bertz CT molecular complexity index is 165. The Labute approximate surface area is 66.9 Å². The molecule has 0 fully saturated rings. The van der Waals surface area contributed by atoms with Crippen LogP contribution in [0, 0.1) is 11.8 Å². The van der Waals surface area contributed by atoms with Crippen LogP contribution in [0.1, 0.15) is 20.3 Å². The first kappa shape index (κ1) is 8.72. The van der Waals surface area contributed by atoms with Gasteiger partial charge in [-0.3, -0.25) is 0 Å². The molecule has 3 unspecified atom stereocenters. The average molecular weight is 158 g/mol. The summed E-state index contributed by atoms with van der Waals surface area (Å²) in [4.78, 5) is 0. The fourth-order valence-electron chi connectivity index (χ4n) is 1.49. The molecule has 0 aromatic heterocycles. The van der Waals surface area contributed by atoms with Crippen molar-refractivity contribution in [2.24, 2.45) is 11.8 Å². The first-order valence-corrected chi connectivity index (χ1v) is 4.08. The first-order valence-electron chi connectivity index (χ1n) is 4.08. The van der Waals surface area contributed by atoms with E-state index in [1.807, 2.05) is 19.9 Å². The van der Waals surface area contributed by atoms with Crippen LogP contribution in [0.5, 0.6) is 0 Å². The average Bonchev–Trinajstić information content (AvgIpc) is 2.01. The van der Waals surface area contributed by atoms with Crippen LogP contribution in [0.3, 0.4) is 0 Å². The second-order valence-electron chi connectivity index (χ2n) is 3.36. The van der Waals surface area contributed by atoms with Gasteiger partial charge >= 0.3 is 0 Å². The molecule has 0 spiro atoms. The third kappa shape index (κ3) is 1.62. The Morgan fingerprint density at radius 3 is 2.91 bits per heavy atom. The van der Waals surface area contributed by atoms with Crippen LogP contribution in [0.4, 0.5) is 4.39 Å². The SMILES string of the molecule is CC1=CCC(CO)C(F)C1C. The molecule has 0 saturated heterocycles. The molecule has 1 aliphatic carbocycles. The van der Waals surface area contributed by atoms with Crippen LogP contribution in [-0.4, -0.2) is 17.9 Å². The van der Waals surface area contributed by atoms with Gasteiger partial charge < -0.3 is 5.11 Å². The number of hydrogen-bond donors (Lipinski definition) is 1. The second-order valence-corrected chi connectivity index (χ2v) is 3.36. The molecule has 0 aromatic carbocycles. The van der Waals surface area contributed by atoms with Gasteiger partial charge in [0.05, 0.1) is 0 Å². The van der Waals surface area contributed by atoms with Crippen LogP contribution in [0.2, 0.25) is 0 Å². The van der Waals surface area contributed by atoms with Crippen molar-refractivity contribution in [3.05, 3.63) is 11.6 Å². The summed E-state index contributed by atoms with van der Waals surface area (Å²) in [6.45, 7) is 3.79. The topological polar surface area (TPSA) is 20.2 Å². The molecule has 1 rings (SSSR count). The highest BCUT2D eigenvalue weighted by Gasteiger charge is 2.29. The Morgan fingerprint density at radius 1 is 1.73 bits per heavy atom. The summed E-state index contributed by atoms with van der Waals surface area (Å²) in [5.74, 6) is -0.186. The van der Waals surface area contributed by atoms with Gasteiger partial charge in [-0.25, -0.2) is 4.39 Å². The first-order chi connectivity index (χ1) is 5.16. The van der Waals surface area contributed by atoms with E-state index in [-0.39, 0.29) is 18.4 Å². The molecule has 0 aliphatic heterocycles. The zero-order chi connectivity index (χ0) is 8.43. The molecule has 11 heavy (non-hydrogen) atoms. The monoisotopic (exact) mass is 158 g/mol. The molecule has 0 saturated carbocycles. The number of aliphatic hydroxyl groups is 1. The molecular formula is C9H15FO. The van der Waals surface area contributed by atoms with E-state index in [4.69, 9.17) is 5.11 Å². The largest absolute Gasteiger partial charge is 0.396 e. The third-order valence-corrected chi connectivity index (χ3v) is 2.62. The van der Waals surface area contributed by atoms with E-state index in [0.717, 1.165) is 5.57 Å². The number of alkyl halides is 1. The lowest BCUT2D eigenvalue weighted by atomic mass is 9.81. The van der Waals surface area contributed by atoms with Gasteiger partial charge in [0.25, 0.3) is 0 Å². The molecule has 64 valence electrons. The van der Waals surface area contributed by atoms with Crippen molar-refractivity contribution in [1.82, 2.24) is 0 Å². The van der Waals surface area contributed by atoms with Gasteiger partial charge in [0.1, 0.15) is 6.17 Å². The predicted octanol–water partition coefficient (Wildman–Crippen LogP) is 1.92. The minimum atomic E-state index is -0.856. The predicted molar refractivity (Wildman–Crippen MR) is 43.0 cm³/mol. The molecule has 0 heterocycles. The Hall–Kier alpha value is -0.370. The van der Waals surface area contributed by atoms with Crippen LogP contribution >= 0.6 is 0 Å². The van der Waals surface area contributed by atoms with Crippen molar-refractivity contribution in [1.29, 1.82) is 0 Å². The quantitative estimate of drug-likeness (QED) is 0.578. The molecular weight excluding hydrogens is 143 g/mol. The van der Waals surface area contributed by atoms with Crippen molar-refractivity contribution in [2.75, 3.05) is 6.61 Å². The summed E-state index contributed by atoms with van der Waals surface area (Å²) in [5, 5.41) is 8.80. The Morgan fingerprint density at radius 2 is 2.36 bits per heavy atom. The molecule has 1 aliphatic rings. The smallest absolute Gasteiger partial charge is 0.112 e. The number of rotatable bonds is 1. The van der Waals surface area contributed by atoms with Gasteiger partial charge in [-0.15, -0.1) is 0 Å². The van der Waals surface area contributed by atoms with Gasteiger partial charge in [0.15, 0.2) is 0 Å². The zero-order valence-corrected chi connectivity index (χ0v) is 7.05. The maximum atomic E-state index is 13.3. The van der Waals surface area contributed by atoms with E-state index in [2.05, 4.69) is 0 Å². The summed E-state index contributed by atoms with van der Waals surface area (Å²) >= 11 is 0. The number of hydrogen-bond acceptors (Lipinski definition) is 1. The normalized spacial score (nSPS) is 38.5. The minimum Gasteiger partial charge on any atom is -0.396 e.